The van der Waals surface area contributed by atoms with Crippen LogP contribution in [0.3, 0.4) is 0 Å². The molecule has 3 aromatic carbocycles. The summed E-state index contributed by atoms with van der Waals surface area (Å²) in [6, 6.07) is 14.1. The highest BCUT2D eigenvalue weighted by Gasteiger charge is 2.51. The minimum atomic E-state index is -0.189. The molecule has 2 atom stereocenters. The van der Waals surface area contributed by atoms with E-state index in [9.17, 15) is 15.3 Å². The predicted octanol–water partition coefficient (Wildman–Crippen LogP) is 7.67. The molecular weight excluding hydrogens is 476 g/mol. The number of hydrogen-bond acceptors (Lipinski definition) is 5. The first-order chi connectivity index (χ1) is 18.1. The molecule has 5 nitrogen and oxygen atoms in total. The number of hydrogen-bond donors (Lipinski definition) is 3. The molecule has 1 heterocycles. The van der Waals surface area contributed by atoms with Crippen molar-refractivity contribution < 1.29 is 24.8 Å². The molecule has 38 heavy (non-hydrogen) atoms. The van der Waals surface area contributed by atoms with E-state index in [1.165, 1.54) is 12.8 Å². The van der Waals surface area contributed by atoms with E-state index in [2.05, 4.69) is 26.8 Å². The van der Waals surface area contributed by atoms with Gasteiger partial charge in [-0.25, -0.2) is 0 Å². The van der Waals surface area contributed by atoms with Crippen molar-refractivity contribution in [1.29, 1.82) is 0 Å². The lowest BCUT2D eigenvalue weighted by atomic mass is 9.59. The van der Waals surface area contributed by atoms with Crippen LogP contribution in [0.2, 0.25) is 0 Å². The van der Waals surface area contributed by atoms with Crippen LogP contribution >= 0.6 is 0 Å². The van der Waals surface area contributed by atoms with E-state index in [0.29, 0.717) is 17.0 Å². The van der Waals surface area contributed by atoms with Crippen LogP contribution in [0.1, 0.15) is 67.9 Å². The Morgan fingerprint density at radius 3 is 2.21 bits per heavy atom. The molecule has 0 spiro atoms. The summed E-state index contributed by atoms with van der Waals surface area (Å²) in [4.78, 5) is 0. The van der Waals surface area contributed by atoms with Crippen LogP contribution in [0.25, 0.3) is 24.3 Å². The molecular formula is C33H36O5. The second-order valence-corrected chi connectivity index (χ2v) is 11.5. The fraction of sp³-hybridized carbons (Fsp3) is 0.333. The number of ether oxygens (including phenoxy) is 2. The molecule has 198 valence electrons. The highest BCUT2D eigenvalue weighted by Crippen LogP contribution is 2.54. The van der Waals surface area contributed by atoms with Gasteiger partial charge in [0.15, 0.2) is 11.5 Å². The van der Waals surface area contributed by atoms with Crippen molar-refractivity contribution in [3.05, 3.63) is 76.3 Å². The molecule has 1 saturated carbocycles. The van der Waals surface area contributed by atoms with E-state index < -0.39 is 0 Å². The molecule has 5 heteroatoms. The second kappa shape index (κ2) is 9.79. The number of benzene rings is 3. The number of phenolic OH excluding ortho intramolecular Hbond substituents is 3. The Bertz CT molecular complexity index is 1390. The van der Waals surface area contributed by atoms with Crippen molar-refractivity contribution in [2.75, 3.05) is 7.11 Å². The Labute approximate surface area is 224 Å². The largest absolute Gasteiger partial charge is 0.508 e. The average Bonchev–Trinajstić information content (AvgIpc) is 2.85. The van der Waals surface area contributed by atoms with Gasteiger partial charge in [0.05, 0.1) is 12.7 Å². The van der Waals surface area contributed by atoms with Gasteiger partial charge in [-0.1, -0.05) is 44.2 Å². The van der Waals surface area contributed by atoms with Gasteiger partial charge in [0, 0.05) is 5.92 Å². The van der Waals surface area contributed by atoms with Crippen LogP contribution in [0.4, 0.5) is 0 Å². The molecule has 5 rings (SSSR count). The van der Waals surface area contributed by atoms with Crippen LogP contribution in [0.15, 0.2) is 48.5 Å². The number of rotatable bonds is 5. The second-order valence-electron chi connectivity index (χ2n) is 11.5. The van der Waals surface area contributed by atoms with Crippen molar-refractivity contribution >= 4 is 24.3 Å². The van der Waals surface area contributed by atoms with Crippen molar-refractivity contribution in [2.24, 2.45) is 11.3 Å². The Balaban J connectivity index is 1.41. The van der Waals surface area contributed by atoms with Gasteiger partial charge in [-0.3, -0.25) is 0 Å². The molecule has 0 bridgehead atoms. The summed E-state index contributed by atoms with van der Waals surface area (Å²) in [5.41, 5.74) is 3.88. The molecule has 0 saturated heterocycles. The highest BCUT2D eigenvalue weighted by atomic mass is 16.5. The third-order valence-electron chi connectivity index (χ3n) is 8.25. The van der Waals surface area contributed by atoms with Gasteiger partial charge in [0.25, 0.3) is 0 Å². The van der Waals surface area contributed by atoms with Crippen LogP contribution in [0, 0.1) is 11.3 Å². The monoisotopic (exact) mass is 512 g/mol. The zero-order valence-corrected chi connectivity index (χ0v) is 22.5. The average molecular weight is 513 g/mol. The van der Waals surface area contributed by atoms with Crippen LogP contribution in [-0.4, -0.2) is 28.0 Å². The number of aromatic hydroxyl groups is 3. The summed E-state index contributed by atoms with van der Waals surface area (Å²) in [5.74, 6) is 2.09. The fourth-order valence-corrected chi connectivity index (χ4v) is 6.25. The number of fused-ring (bicyclic) bond motifs is 2. The molecule has 3 aromatic rings. The van der Waals surface area contributed by atoms with E-state index >= 15 is 0 Å². The number of methoxy groups -OCH3 is 1. The Morgan fingerprint density at radius 2 is 1.53 bits per heavy atom. The van der Waals surface area contributed by atoms with E-state index in [0.717, 1.165) is 41.0 Å². The van der Waals surface area contributed by atoms with Crippen molar-refractivity contribution in [3.8, 4) is 28.7 Å². The lowest BCUT2D eigenvalue weighted by molar-refractivity contribution is -0.0827. The van der Waals surface area contributed by atoms with Crippen LogP contribution < -0.4 is 9.47 Å². The number of phenols is 3. The quantitative estimate of drug-likeness (QED) is 0.306. The zero-order valence-electron chi connectivity index (χ0n) is 22.5. The minimum absolute atomic E-state index is 0.0312. The maximum absolute atomic E-state index is 10.6. The van der Waals surface area contributed by atoms with Gasteiger partial charge >= 0.3 is 0 Å². The van der Waals surface area contributed by atoms with Crippen LogP contribution in [0.5, 0.6) is 28.7 Å². The fourth-order valence-electron chi connectivity index (χ4n) is 6.25. The van der Waals surface area contributed by atoms with Gasteiger partial charge in [-0.15, -0.1) is 0 Å². The maximum Gasteiger partial charge on any atom is 0.165 e. The molecule has 2 aliphatic rings. The van der Waals surface area contributed by atoms with E-state index in [1.54, 1.807) is 49.6 Å². The van der Waals surface area contributed by atoms with Crippen molar-refractivity contribution in [3.63, 3.8) is 0 Å². The third-order valence-corrected chi connectivity index (χ3v) is 8.25. The van der Waals surface area contributed by atoms with Gasteiger partial charge in [-0.2, -0.15) is 0 Å². The smallest absolute Gasteiger partial charge is 0.165 e. The summed E-state index contributed by atoms with van der Waals surface area (Å²) in [6.07, 6.45) is 11.5. The van der Waals surface area contributed by atoms with Crippen LogP contribution in [-0.2, 0) is 6.42 Å². The van der Waals surface area contributed by atoms with Crippen molar-refractivity contribution in [2.45, 2.75) is 52.1 Å². The zero-order chi connectivity index (χ0) is 27.1. The highest BCUT2D eigenvalue weighted by molar-refractivity contribution is 5.79. The van der Waals surface area contributed by atoms with E-state index in [-0.39, 0.29) is 28.3 Å². The Morgan fingerprint density at radius 1 is 0.842 bits per heavy atom. The molecule has 3 N–H and O–H groups in total. The first-order valence-corrected chi connectivity index (χ1v) is 13.2. The Hall–Kier alpha value is -3.86. The maximum atomic E-state index is 10.6. The molecule has 0 unspecified atom stereocenters. The van der Waals surface area contributed by atoms with Gasteiger partial charge < -0.3 is 24.8 Å². The first kappa shape index (κ1) is 25.8. The minimum Gasteiger partial charge on any atom is -0.508 e. The molecule has 1 aliphatic heterocycles. The molecule has 1 fully saturated rings. The first-order valence-electron chi connectivity index (χ1n) is 13.2. The van der Waals surface area contributed by atoms with E-state index in [4.69, 9.17) is 9.47 Å². The molecule has 0 amide bonds. The summed E-state index contributed by atoms with van der Waals surface area (Å²) in [6.45, 7) is 6.95. The summed E-state index contributed by atoms with van der Waals surface area (Å²) < 4.78 is 12.4. The predicted molar refractivity (Wildman–Crippen MR) is 153 cm³/mol. The lowest BCUT2D eigenvalue weighted by Crippen LogP contribution is -2.54. The summed E-state index contributed by atoms with van der Waals surface area (Å²) in [7, 11) is 1.67. The van der Waals surface area contributed by atoms with Gasteiger partial charge in [0.2, 0.25) is 0 Å². The molecule has 1 aliphatic carbocycles. The van der Waals surface area contributed by atoms with Gasteiger partial charge in [0.1, 0.15) is 22.8 Å². The van der Waals surface area contributed by atoms with E-state index in [1.807, 2.05) is 24.3 Å². The van der Waals surface area contributed by atoms with Gasteiger partial charge in [-0.05, 0) is 103 Å². The normalized spacial score (nSPS) is 22.2. The lowest BCUT2D eigenvalue weighted by Gasteiger charge is -2.53. The summed E-state index contributed by atoms with van der Waals surface area (Å²) >= 11 is 0. The SMILES string of the molecule is COc1cc(/C=C/c2cc(O)c(/C=C/c3cccc(O)c3)c(O)c2)cc2c1O[C@]1(C)CCCC(C)(C)[C@H]1C2. The molecule has 0 radical (unpaired) electrons. The Kier molecular flexibility index (Phi) is 6.64. The third kappa shape index (κ3) is 4.98. The standard InChI is InChI=1S/C33H36O5/c1-32(2)13-6-14-33(3)30(32)20-24-15-22(19-29(37-4)31(24)38-33)9-10-23-17-27(35)26(28(36)18-23)12-11-21-7-5-8-25(34)16-21/h5,7-12,15-19,30,34-36H,6,13-14,20H2,1-4H3/b10-9+,12-11+/t30-,33-/m1/s1. The topological polar surface area (TPSA) is 79.2 Å². The molecule has 0 aromatic heterocycles. The van der Waals surface area contributed by atoms with Crippen molar-refractivity contribution in [1.82, 2.24) is 0 Å². The summed E-state index contributed by atoms with van der Waals surface area (Å²) in [5, 5.41) is 30.8.